The normalized spacial score (nSPS) is 25.7. The molecule has 1 aromatic heterocycles. The zero-order valence-electron chi connectivity index (χ0n) is 9.94. The van der Waals surface area contributed by atoms with Crippen LogP contribution in [0.25, 0.3) is 0 Å². The summed E-state index contributed by atoms with van der Waals surface area (Å²) >= 11 is 0. The number of aryl methyl sites for hydroxylation is 1. The monoisotopic (exact) mass is 221 g/mol. The van der Waals surface area contributed by atoms with Crippen molar-refractivity contribution in [1.82, 2.24) is 4.57 Å². The molecule has 0 radical (unpaired) electrons. The second kappa shape index (κ2) is 4.42. The molecule has 1 aliphatic carbocycles. The van der Waals surface area contributed by atoms with E-state index in [4.69, 9.17) is 0 Å². The SMILES string of the molecule is Cc1cc(C=O)c(C)n1C1CCCCC1O. The van der Waals surface area contributed by atoms with E-state index in [2.05, 4.69) is 4.57 Å². The van der Waals surface area contributed by atoms with Gasteiger partial charge in [-0.15, -0.1) is 0 Å². The number of aliphatic hydroxyl groups is 1. The highest BCUT2D eigenvalue weighted by atomic mass is 16.3. The predicted octanol–water partition coefficient (Wildman–Crippen LogP) is 2.39. The van der Waals surface area contributed by atoms with Gasteiger partial charge in [0.05, 0.1) is 12.1 Å². The van der Waals surface area contributed by atoms with E-state index >= 15 is 0 Å². The minimum atomic E-state index is -0.266. The first-order valence-corrected chi connectivity index (χ1v) is 5.97. The highest BCUT2D eigenvalue weighted by Gasteiger charge is 2.27. The molecule has 1 saturated carbocycles. The third kappa shape index (κ3) is 1.80. The van der Waals surface area contributed by atoms with Crippen molar-refractivity contribution in [2.75, 3.05) is 0 Å². The largest absolute Gasteiger partial charge is 0.391 e. The van der Waals surface area contributed by atoms with Crippen LogP contribution in [0.2, 0.25) is 0 Å². The fourth-order valence-electron chi connectivity index (χ4n) is 2.83. The molecule has 1 heterocycles. The Hall–Kier alpha value is -1.09. The molecule has 1 aromatic rings. The third-order valence-electron chi connectivity index (χ3n) is 3.68. The van der Waals surface area contributed by atoms with Crippen molar-refractivity contribution in [3.63, 3.8) is 0 Å². The van der Waals surface area contributed by atoms with Crippen LogP contribution in [0.3, 0.4) is 0 Å². The Morgan fingerprint density at radius 2 is 2.06 bits per heavy atom. The Morgan fingerprint density at radius 3 is 2.62 bits per heavy atom. The number of aldehydes is 1. The van der Waals surface area contributed by atoms with Crippen LogP contribution in [-0.4, -0.2) is 22.1 Å². The highest BCUT2D eigenvalue weighted by Crippen LogP contribution is 2.32. The van der Waals surface area contributed by atoms with Gasteiger partial charge in [0.25, 0.3) is 0 Å². The standard InChI is InChI=1S/C13H19NO2/c1-9-7-11(8-15)10(2)14(9)12-5-3-4-6-13(12)16/h7-8,12-13,16H,3-6H2,1-2H3. The second-order valence-electron chi connectivity index (χ2n) is 4.73. The summed E-state index contributed by atoms with van der Waals surface area (Å²) in [7, 11) is 0. The van der Waals surface area contributed by atoms with Crippen LogP contribution in [-0.2, 0) is 0 Å². The fraction of sp³-hybridized carbons (Fsp3) is 0.615. The molecule has 0 aliphatic heterocycles. The summed E-state index contributed by atoms with van der Waals surface area (Å²) in [4.78, 5) is 10.9. The zero-order chi connectivity index (χ0) is 11.7. The first-order chi connectivity index (χ1) is 7.65. The maximum absolute atomic E-state index is 10.9. The van der Waals surface area contributed by atoms with Gasteiger partial charge in [0.2, 0.25) is 0 Å². The Kier molecular flexibility index (Phi) is 3.15. The summed E-state index contributed by atoms with van der Waals surface area (Å²) in [5, 5.41) is 10.0. The van der Waals surface area contributed by atoms with Crippen molar-refractivity contribution >= 4 is 6.29 Å². The van der Waals surface area contributed by atoms with Gasteiger partial charge in [-0.25, -0.2) is 0 Å². The van der Waals surface area contributed by atoms with E-state index in [0.29, 0.717) is 0 Å². The number of aromatic nitrogens is 1. The molecule has 3 nitrogen and oxygen atoms in total. The van der Waals surface area contributed by atoms with E-state index in [1.54, 1.807) is 0 Å². The number of hydrogen-bond donors (Lipinski definition) is 1. The molecule has 0 bridgehead atoms. The van der Waals surface area contributed by atoms with Gasteiger partial charge >= 0.3 is 0 Å². The van der Waals surface area contributed by atoms with E-state index in [0.717, 1.165) is 48.9 Å². The van der Waals surface area contributed by atoms with Crippen LogP contribution in [0.5, 0.6) is 0 Å². The number of nitrogens with zero attached hydrogens (tertiary/aromatic N) is 1. The Balaban J connectivity index is 2.38. The van der Waals surface area contributed by atoms with Crippen LogP contribution in [0, 0.1) is 13.8 Å². The smallest absolute Gasteiger partial charge is 0.151 e. The van der Waals surface area contributed by atoms with Crippen LogP contribution in [0.4, 0.5) is 0 Å². The van der Waals surface area contributed by atoms with Gasteiger partial charge in [0, 0.05) is 17.0 Å². The first kappa shape index (κ1) is 11.4. The van der Waals surface area contributed by atoms with E-state index < -0.39 is 0 Å². The number of carbonyl (C=O) groups is 1. The molecule has 1 N–H and O–H groups in total. The topological polar surface area (TPSA) is 42.2 Å². The minimum absolute atomic E-state index is 0.155. The lowest BCUT2D eigenvalue weighted by molar-refractivity contribution is 0.0737. The lowest BCUT2D eigenvalue weighted by Crippen LogP contribution is -2.28. The molecule has 0 spiro atoms. The molecule has 1 fully saturated rings. The lowest BCUT2D eigenvalue weighted by Gasteiger charge is -2.31. The predicted molar refractivity (Wildman–Crippen MR) is 62.8 cm³/mol. The number of rotatable bonds is 2. The van der Waals surface area contributed by atoms with Crippen LogP contribution < -0.4 is 0 Å². The fourth-order valence-corrected chi connectivity index (χ4v) is 2.83. The van der Waals surface area contributed by atoms with Crippen molar-refractivity contribution in [2.45, 2.75) is 51.7 Å². The molecule has 16 heavy (non-hydrogen) atoms. The summed E-state index contributed by atoms with van der Waals surface area (Å²) in [6.07, 6.45) is 4.78. The molecule has 1 aliphatic rings. The van der Waals surface area contributed by atoms with E-state index in [9.17, 15) is 9.90 Å². The van der Waals surface area contributed by atoms with Gasteiger partial charge in [0.1, 0.15) is 0 Å². The molecular weight excluding hydrogens is 202 g/mol. The number of hydrogen-bond acceptors (Lipinski definition) is 2. The van der Waals surface area contributed by atoms with Crippen molar-refractivity contribution in [2.24, 2.45) is 0 Å². The second-order valence-corrected chi connectivity index (χ2v) is 4.73. The molecule has 0 aromatic carbocycles. The molecule has 0 saturated heterocycles. The molecule has 2 rings (SSSR count). The quantitative estimate of drug-likeness (QED) is 0.779. The molecule has 2 unspecified atom stereocenters. The third-order valence-corrected chi connectivity index (χ3v) is 3.68. The summed E-state index contributed by atoms with van der Waals surface area (Å²) in [5.41, 5.74) is 2.80. The Bertz CT molecular complexity index is 395. The van der Waals surface area contributed by atoms with Crippen molar-refractivity contribution in [3.8, 4) is 0 Å². The molecule has 0 amide bonds. The number of carbonyl (C=O) groups excluding carboxylic acids is 1. The first-order valence-electron chi connectivity index (χ1n) is 5.97. The molecule has 3 heteroatoms. The van der Waals surface area contributed by atoms with Crippen molar-refractivity contribution < 1.29 is 9.90 Å². The number of aliphatic hydroxyl groups excluding tert-OH is 1. The molecule has 2 atom stereocenters. The van der Waals surface area contributed by atoms with Crippen LogP contribution in [0.15, 0.2) is 6.07 Å². The average Bonchev–Trinajstić information content (AvgIpc) is 2.55. The van der Waals surface area contributed by atoms with Gasteiger partial charge in [0.15, 0.2) is 6.29 Å². The van der Waals surface area contributed by atoms with E-state index in [-0.39, 0.29) is 12.1 Å². The Labute approximate surface area is 96.1 Å². The summed E-state index contributed by atoms with van der Waals surface area (Å²) in [6.45, 7) is 3.96. The minimum Gasteiger partial charge on any atom is -0.391 e. The van der Waals surface area contributed by atoms with E-state index in [1.165, 1.54) is 0 Å². The summed E-state index contributed by atoms with van der Waals surface area (Å²) < 4.78 is 2.13. The van der Waals surface area contributed by atoms with Gasteiger partial charge in [-0.3, -0.25) is 4.79 Å². The maximum atomic E-state index is 10.9. The summed E-state index contributed by atoms with van der Waals surface area (Å²) in [5.74, 6) is 0. The van der Waals surface area contributed by atoms with Crippen molar-refractivity contribution in [1.29, 1.82) is 0 Å². The molecule has 88 valence electrons. The zero-order valence-corrected chi connectivity index (χ0v) is 9.94. The van der Waals surface area contributed by atoms with Gasteiger partial charge < -0.3 is 9.67 Å². The van der Waals surface area contributed by atoms with Gasteiger partial charge in [-0.1, -0.05) is 12.8 Å². The Morgan fingerprint density at radius 1 is 1.38 bits per heavy atom. The average molecular weight is 221 g/mol. The lowest BCUT2D eigenvalue weighted by atomic mass is 9.92. The molecular formula is C13H19NO2. The maximum Gasteiger partial charge on any atom is 0.151 e. The van der Waals surface area contributed by atoms with Crippen molar-refractivity contribution in [3.05, 3.63) is 23.0 Å². The van der Waals surface area contributed by atoms with E-state index in [1.807, 2.05) is 19.9 Å². The van der Waals surface area contributed by atoms with Gasteiger partial charge in [-0.05, 0) is 32.8 Å². The highest BCUT2D eigenvalue weighted by molar-refractivity contribution is 5.77. The van der Waals surface area contributed by atoms with Gasteiger partial charge in [-0.2, -0.15) is 0 Å². The summed E-state index contributed by atoms with van der Waals surface area (Å²) in [6, 6.07) is 2.06. The van der Waals surface area contributed by atoms with Crippen LogP contribution >= 0.6 is 0 Å². The van der Waals surface area contributed by atoms with Crippen LogP contribution in [0.1, 0.15) is 53.5 Å².